The number of hydrogen-bond acceptors (Lipinski definition) is 3. The quantitative estimate of drug-likeness (QED) is 0.334. The van der Waals surface area contributed by atoms with Crippen LogP contribution in [-0.2, 0) is 14.3 Å². The van der Waals surface area contributed by atoms with Gasteiger partial charge in [-0.2, -0.15) is 0 Å². The molecule has 0 aromatic carbocycles. The van der Waals surface area contributed by atoms with Gasteiger partial charge in [-0.15, -0.1) is 0 Å². The molecule has 3 nitrogen and oxygen atoms in total. The zero-order valence-corrected chi connectivity index (χ0v) is 15.1. The normalized spacial score (nSPS) is 45.7. The highest BCUT2D eigenvalue weighted by Gasteiger charge is 2.73. The van der Waals surface area contributed by atoms with Crippen LogP contribution in [0.15, 0.2) is 23.8 Å². The molecule has 23 heavy (non-hydrogen) atoms. The maximum Gasteiger partial charge on any atom is 0.333 e. The van der Waals surface area contributed by atoms with E-state index in [9.17, 15) is 4.79 Å². The maximum atomic E-state index is 12.3. The van der Waals surface area contributed by atoms with Crippen LogP contribution in [0.5, 0.6) is 0 Å². The van der Waals surface area contributed by atoms with Gasteiger partial charge in [0.2, 0.25) is 0 Å². The predicted octanol–water partition coefficient (Wildman–Crippen LogP) is 4.42. The van der Waals surface area contributed by atoms with Crippen LogP contribution in [-0.4, -0.2) is 23.8 Å². The molecular weight excluding hydrogens is 288 g/mol. The molecule has 1 saturated heterocycles. The monoisotopic (exact) mass is 318 g/mol. The first-order chi connectivity index (χ1) is 10.7. The van der Waals surface area contributed by atoms with Crippen molar-refractivity contribution in [1.82, 2.24) is 0 Å². The molecular formula is C20H30O3. The third-order valence-electron chi connectivity index (χ3n) is 6.98. The van der Waals surface area contributed by atoms with Crippen molar-refractivity contribution in [2.24, 2.45) is 17.3 Å². The number of rotatable bonds is 3. The number of carbonyl (C=O) groups excluding carboxylic acids is 1. The largest absolute Gasteiger partial charge is 0.458 e. The van der Waals surface area contributed by atoms with Crippen LogP contribution in [0.25, 0.3) is 0 Å². The summed E-state index contributed by atoms with van der Waals surface area (Å²) in [5.41, 5.74) is 1.87. The van der Waals surface area contributed by atoms with Gasteiger partial charge in [-0.3, -0.25) is 0 Å². The highest BCUT2D eigenvalue weighted by Crippen LogP contribution is 2.68. The second-order valence-corrected chi connectivity index (χ2v) is 8.17. The fraction of sp³-hybridized carbons (Fsp3) is 0.750. The van der Waals surface area contributed by atoms with Crippen LogP contribution in [0.3, 0.4) is 0 Å². The van der Waals surface area contributed by atoms with Gasteiger partial charge in [0.15, 0.2) is 0 Å². The lowest BCUT2D eigenvalue weighted by Crippen LogP contribution is -2.55. The molecule has 3 rings (SSSR count). The minimum atomic E-state index is -0.204. The number of esters is 1. The topological polar surface area (TPSA) is 38.8 Å². The van der Waals surface area contributed by atoms with E-state index in [1.807, 2.05) is 19.9 Å². The number of hydrogen-bond donors (Lipinski definition) is 0. The van der Waals surface area contributed by atoms with Gasteiger partial charge in [-0.25, -0.2) is 4.79 Å². The van der Waals surface area contributed by atoms with Crippen molar-refractivity contribution in [3.05, 3.63) is 23.8 Å². The lowest BCUT2D eigenvalue weighted by molar-refractivity contribution is -0.155. The molecule has 0 N–H and O–H groups in total. The fourth-order valence-electron chi connectivity index (χ4n) is 4.93. The van der Waals surface area contributed by atoms with Crippen molar-refractivity contribution < 1.29 is 14.3 Å². The van der Waals surface area contributed by atoms with E-state index in [1.54, 1.807) is 0 Å². The van der Waals surface area contributed by atoms with E-state index in [2.05, 4.69) is 27.4 Å². The van der Waals surface area contributed by atoms with Gasteiger partial charge in [0.1, 0.15) is 11.7 Å². The first kappa shape index (κ1) is 16.8. The molecule has 1 heterocycles. The molecule has 3 aliphatic rings. The average molecular weight is 318 g/mol. The van der Waals surface area contributed by atoms with Gasteiger partial charge in [-0.05, 0) is 46.0 Å². The maximum absolute atomic E-state index is 12.3. The SMILES string of the molecule is C=C(C)[C@H]1C[C@]2(C)[C@@H](C)CC[C@H]3O[C@]32C[C@@H]1OC(=O)/C(C)=C\C. The third-order valence-corrected chi connectivity index (χ3v) is 6.98. The fourth-order valence-corrected chi connectivity index (χ4v) is 4.93. The van der Waals surface area contributed by atoms with E-state index in [0.29, 0.717) is 17.6 Å². The smallest absolute Gasteiger partial charge is 0.333 e. The molecule has 128 valence electrons. The molecule has 0 unspecified atom stereocenters. The Morgan fingerprint density at radius 3 is 2.61 bits per heavy atom. The summed E-state index contributed by atoms with van der Waals surface area (Å²) in [5.74, 6) is 0.659. The van der Waals surface area contributed by atoms with E-state index >= 15 is 0 Å². The molecule has 3 fully saturated rings. The molecule has 6 atom stereocenters. The summed E-state index contributed by atoms with van der Waals surface area (Å²) in [4.78, 5) is 12.3. The Balaban J connectivity index is 1.87. The van der Waals surface area contributed by atoms with Crippen molar-refractivity contribution in [3.63, 3.8) is 0 Å². The zero-order valence-electron chi connectivity index (χ0n) is 15.1. The second kappa shape index (κ2) is 5.47. The van der Waals surface area contributed by atoms with Gasteiger partial charge in [0, 0.05) is 23.3 Å². The van der Waals surface area contributed by atoms with E-state index in [-0.39, 0.29) is 29.0 Å². The van der Waals surface area contributed by atoms with Crippen LogP contribution in [0.1, 0.15) is 60.3 Å². The van der Waals surface area contributed by atoms with E-state index in [1.165, 1.54) is 6.42 Å². The van der Waals surface area contributed by atoms with Crippen LogP contribution in [0, 0.1) is 17.3 Å². The highest BCUT2D eigenvalue weighted by atomic mass is 16.6. The van der Waals surface area contributed by atoms with Crippen LogP contribution in [0.2, 0.25) is 0 Å². The average Bonchev–Trinajstić information content (AvgIpc) is 3.21. The van der Waals surface area contributed by atoms with Gasteiger partial charge >= 0.3 is 5.97 Å². The summed E-state index contributed by atoms with van der Waals surface area (Å²) in [5, 5.41) is 0. The summed E-state index contributed by atoms with van der Waals surface area (Å²) < 4.78 is 12.1. The first-order valence-corrected chi connectivity index (χ1v) is 8.92. The summed E-state index contributed by atoms with van der Waals surface area (Å²) in [7, 11) is 0. The van der Waals surface area contributed by atoms with Gasteiger partial charge in [-0.1, -0.05) is 32.1 Å². The third kappa shape index (κ3) is 2.39. The summed E-state index contributed by atoms with van der Waals surface area (Å²) in [6.07, 6.45) is 6.25. The lowest BCUT2D eigenvalue weighted by atomic mass is 9.52. The Bertz CT molecular complexity index is 563. The second-order valence-electron chi connectivity index (χ2n) is 8.17. The highest BCUT2D eigenvalue weighted by molar-refractivity contribution is 5.87. The number of ether oxygens (including phenoxy) is 2. The molecule has 0 bridgehead atoms. The van der Waals surface area contributed by atoms with Gasteiger partial charge in [0.25, 0.3) is 0 Å². The number of epoxide rings is 1. The van der Waals surface area contributed by atoms with E-state index < -0.39 is 0 Å². The molecule has 3 heteroatoms. The molecule has 0 amide bonds. The minimum absolute atomic E-state index is 0.0780. The van der Waals surface area contributed by atoms with Crippen molar-refractivity contribution in [1.29, 1.82) is 0 Å². The van der Waals surface area contributed by atoms with Crippen molar-refractivity contribution in [2.75, 3.05) is 0 Å². The van der Waals surface area contributed by atoms with Crippen molar-refractivity contribution >= 4 is 5.97 Å². The Labute approximate surface area is 140 Å². The van der Waals surface area contributed by atoms with Crippen molar-refractivity contribution in [2.45, 2.75) is 78.1 Å². The number of carbonyl (C=O) groups is 1. The Kier molecular flexibility index (Phi) is 3.99. The van der Waals surface area contributed by atoms with Crippen LogP contribution in [0.4, 0.5) is 0 Å². The summed E-state index contributed by atoms with van der Waals surface area (Å²) in [6.45, 7) is 14.7. The molecule has 0 aromatic rings. The van der Waals surface area contributed by atoms with Gasteiger partial charge in [0.05, 0.1) is 6.10 Å². The predicted molar refractivity (Wildman–Crippen MR) is 91.0 cm³/mol. The molecule has 2 aliphatic carbocycles. The Morgan fingerprint density at radius 2 is 2.00 bits per heavy atom. The van der Waals surface area contributed by atoms with E-state index in [4.69, 9.17) is 9.47 Å². The molecule has 1 spiro atoms. The standard InChI is InChI=1S/C20H30O3/c1-7-13(4)18(21)22-16-11-20-17(23-20)9-8-14(5)19(20,6)10-15(16)12(2)3/h7,14-17H,2,8-11H2,1,3-6H3/b13-7-/t14-,15+,16-,17+,19+,20+/m0/s1. The van der Waals surface area contributed by atoms with Gasteiger partial charge < -0.3 is 9.47 Å². The molecule has 0 aromatic heterocycles. The molecule has 1 aliphatic heterocycles. The van der Waals surface area contributed by atoms with E-state index in [0.717, 1.165) is 24.8 Å². The van der Waals surface area contributed by atoms with Crippen LogP contribution >= 0.6 is 0 Å². The first-order valence-electron chi connectivity index (χ1n) is 8.92. The summed E-state index contributed by atoms with van der Waals surface area (Å²) >= 11 is 0. The Hall–Kier alpha value is -1.09. The summed E-state index contributed by atoms with van der Waals surface area (Å²) in [6, 6.07) is 0. The minimum Gasteiger partial charge on any atom is -0.458 e. The molecule has 2 saturated carbocycles. The number of allylic oxidation sites excluding steroid dienone is 1. The zero-order chi connectivity index (χ0) is 17.0. The van der Waals surface area contributed by atoms with Crippen LogP contribution < -0.4 is 0 Å². The molecule has 0 radical (unpaired) electrons. The Morgan fingerprint density at radius 1 is 1.30 bits per heavy atom. The lowest BCUT2D eigenvalue weighted by Gasteiger charge is -2.52. The van der Waals surface area contributed by atoms with Crippen molar-refractivity contribution in [3.8, 4) is 0 Å².